The second kappa shape index (κ2) is 15.8. The number of hydrogen-bond donors (Lipinski definition) is 2. The first-order valence-corrected chi connectivity index (χ1v) is 1.70. The predicted octanol–water partition coefficient (Wildman–Crippen LogP) is -3.23. The van der Waals surface area contributed by atoms with Crippen molar-refractivity contribution in [2.24, 2.45) is 0 Å². The summed E-state index contributed by atoms with van der Waals surface area (Å²) >= 11 is 0. The molecule has 0 aromatic rings. The maximum absolute atomic E-state index is 8.59. The Hall–Kier alpha value is 0.830. The summed E-state index contributed by atoms with van der Waals surface area (Å²) in [6, 6.07) is 0. The Bertz CT molecular complexity index is 56.5. The molecular weight excluding hydrogens is 135 g/mol. The third kappa shape index (κ3) is 231. The first-order valence-electron chi connectivity index (χ1n) is 0.565. The van der Waals surface area contributed by atoms with Crippen LogP contribution < -0.4 is 0 Å². The zero-order chi connectivity index (χ0) is 3.58. The molecule has 0 unspecified atom stereocenters. The quantitative estimate of drug-likeness (QED) is 0.210. The fraction of sp³-hybridized carbons (Fsp3) is 0. The van der Waals surface area contributed by atoms with E-state index in [1.54, 1.807) is 0 Å². The van der Waals surface area contributed by atoms with Gasteiger partial charge in [0.1, 0.15) is 0 Å². The van der Waals surface area contributed by atoms with Crippen molar-refractivity contribution in [2.75, 3.05) is 0 Å². The van der Waals surface area contributed by atoms with Crippen molar-refractivity contribution in [1.29, 1.82) is 0 Å². The molecule has 0 aromatic carbocycles. The van der Waals surface area contributed by atoms with E-state index in [-0.39, 0.29) is 40.5 Å². The van der Waals surface area contributed by atoms with Gasteiger partial charge in [0.2, 0.25) is 0 Å². The second-order valence-electron chi connectivity index (χ2n) is 0.238. The van der Waals surface area contributed by atoms with E-state index in [4.69, 9.17) is 13.0 Å². The molecule has 0 saturated heterocycles. The summed E-state index contributed by atoms with van der Waals surface area (Å²) in [6.45, 7) is 0. The first-order chi connectivity index (χ1) is 1.73. The normalized spacial score (nSPS) is 4.86. The predicted molar refractivity (Wildman–Crippen MR) is 27.3 cm³/mol. The van der Waals surface area contributed by atoms with Crippen LogP contribution in [0.5, 0.6) is 0 Å². The molecule has 5 nitrogen and oxygen atoms in total. The Balaban J connectivity index is -0.0000000150. The van der Waals surface area contributed by atoms with Crippen LogP contribution in [0.25, 0.3) is 0 Å². The van der Waals surface area contributed by atoms with Crippen LogP contribution >= 0.6 is 0 Å². The monoisotopic (exact) mass is 142 g/mol. The zero-order valence-corrected chi connectivity index (χ0v) is 3.61. The molecule has 0 saturated carbocycles. The van der Waals surface area contributed by atoms with Gasteiger partial charge < -0.3 is 11.0 Å². The van der Waals surface area contributed by atoms with Crippen LogP contribution in [0.3, 0.4) is 0 Å². The van der Waals surface area contributed by atoms with Crippen molar-refractivity contribution in [3.63, 3.8) is 0 Å². The van der Waals surface area contributed by atoms with Crippen LogP contribution in [-0.4, -0.2) is 53.5 Å². The van der Waals surface area contributed by atoms with Gasteiger partial charge in [0, 0.05) is 0 Å². The summed E-state index contributed by atoms with van der Waals surface area (Å²) in [6.07, 6.45) is 0. The molecule has 0 spiro atoms. The molecule has 44 valence electrons. The molecule has 5 N–H and O–H groups in total. The van der Waals surface area contributed by atoms with Gasteiger partial charge in [0.15, 0.2) is 0 Å². The summed E-state index contributed by atoms with van der Waals surface area (Å²) in [5.74, 6) is 0. The van der Waals surface area contributed by atoms with Gasteiger partial charge >= 0.3 is 29.6 Å². The van der Waals surface area contributed by atoms with E-state index in [9.17, 15) is 0 Å². The van der Waals surface area contributed by atoms with E-state index in [2.05, 4.69) is 0 Å². The summed E-state index contributed by atoms with van der Waals surface area (Å²) in [4.78, 5) is 0. The second-order valence-corrected chi connectivity index (χ2v) is 0.714. The number of rotatable bonds is 0. The van der Waals surface area contributed by atoms with E-state index < -0.39 is 11.0 Å². The molecule has 0 amide bonds. The molecule has 0 aliphatic rings. The third-order valence-electron chi connectivity index (χ3n) is 0. The molecular formula is H7NaO5S. The molecule has 0 aliphatic heterocycles. The van der Waals surface area contributed by atoms with Gasteiger partial charge in [-0.15, -0.1) is 0 Å². The zero-order valence-electron chi connectivity index (χ0n) is 2.71. The Morgan fingerprint density at radius 2 is 1.14 bits per heavy atom. The van der Waals surface area contributed by atoms with Crippen LogP contribution in [0.15, 0.2) is 0 Å². The minimum atomic E-state index is -3.12. The van der Waals surface area contributed by atoms with Crippen molar-refractivity contribution in [3.8, 4) is 0 Å². The van der Waals surface area contributed by atoms with Crippen molar-refractivity contribution in [2.45, 2.75) is 0 Å². The fourth-order valence-corrected chi connectivity index (χ4v) is 0. The number of hydrogen-bond acceptors (Lipinski definition) is 2. The molecule has 0 rings (SSSR count). The van der Waals surface area contributed by atoms with E-state index in [1.807, 2.05) is 0 Å². The van der Waals surface area contributed by atoms with E-state index >= 15 is 0 Å². The Labute approximate surface area is 64.4 Å². The minimum absolute atomic E-state index is 0. The summed E-state index contributed by atoms with van der Waals surface area (Å²) in [7, 11) is -3.12. The third-order valence-corrected chi connectivity index (χ3v) is 0. The average molecular weight is 142 g/mol. The van der Waals surface area contributed by atoms with E-state index in [1.165, 1.54) is 0 Å². The SMILES string of the molecule is O.O.O=[SH](=O)O.[NaH]. The van der Waals surface area contributed by atoms with Crippen molar-refractivity contribution < 1.29 is 23.9 Å². The summed E-state index contributed by atoms with van der Waals surface area (Å²) < 4.78 is 24.2. The van der Waals surface area contributed by atoms with Gasteiger partial charge in [-0.2, -0.15) is 0 Å². The van der Waals surface area contributed by atoms with Crippen LogP contribution in [-0.2, 0) is 11.0 Å². The van der Waals surface area contributed by atoms with Gasteiger partial charge in [-0.1, -0.05) is 0 Å². The Morgan fingerprint density at radius 1 is 1.14 bits per heavy atom. The molecule has 0 atom stereocenters. The summed E-state index contributed by atoms with van der Waals surface area (Å²) in [5.41, 5.74) is 0. The van der Waals surface area contributed by atoms with Crippen molar-refractivity contribution in [1.82, 2.24) is 0 Å². The Morgan fingerprint density at radius 3 is 1.14 bits per heavy atom. The van der Waals surface area contributed by atoms with Gasteiger partial charge in [-0.05, 0) is 0 Å². The van der Waals surface area contributed by atoms with Crippen LogP contribution in [0.4, 0.5) is 0 Å². The van der Waals surface area contributed by atoms with Gasteiger partial charge in [-0.25, -0.2) is 8.42 Å². The average Bonchev–Trinajstić information content (AvgIpc) is 0.811. The Kier molecular flexibility index (Phi) is 56.3. The van der Waals surface area contributed by atoms with Crippen LogP contribution in [0.1, 0.15) is 0 Å². The fourth-order valence-electron chi connectivity index (χ4n) is 0. The molecule has 7 heteroatoms. The van der Waals surface area contributed by atoms with E-state index in [0.29, 0.717) is 0 Å². The molecule has 0 bridgehead atoms. The van der Waals surface area contributed by atoms with Crippen LogP contribution in [0, 0.1) is 0 Å². The molecule has 0 radical (unpaired) electrons. The van der Waals surface area contributed by atoms with Crippen molar-refractivity contribution in [3.05, 3.63) is 0 Å². The first kappa shape index (κ1) is 24.9. The maximum atomic E-state index is 8.59. The van der Waals surface area contributed by atoms with Crippen LogP contribution in [0.2, 0.25) is 0 Å². The standard InChI is InChI=1S/Na.H2O3S.2H2O.H/c;1-4(2)3;;;/h;4H,(H,1,2,3);2*1H2;. The molecule has 7 heavy (non-hydrogen) atoms. The molecule has 0 aliphatic carbocycles. The van der Waals surface area contributed by atoms with Crippen molar-refractivity contribution >= 4 is 40.5 Å². The molecule has 0 fully saturated rings. The topological polar surface area (TPSA) is 117 Å². The van der Waals surface area contributed by atoms with E-state index in [0.717, 1.165) is 0 Å². The van der Waals surface area contributed by atoms with Gasteiger partial charge in [0.25, 0.3) is 11.0 Å². The number of thiol groups is 1. The molecule has 0 aromatic heterocycles. The summed E-state index contributed by atoms with van der Waals surface area (Å²) in [5, 5.41) is 0. The van der Waals surface area contributed by atoms with Gasteiger partial charge in [-0.3, -0.25) is 4.55 Å². The molecule has 0 heterocycles. The van der Waals surface area contributed by atoms with Gasteiger partial charge in [0.05, 0.1) is 0 Å².